The van der Waals surface area contributed by atoms with Crippen LogP contribution in [0.15, 0.2) is 5.38 Å². The fourth-order valence-electron chi connectivity index (χ4n) is 2.65. The third-order valence-electron chi connectivity index (χ3n) is 3.95. The van der Waals surface area contributed by atoms with Crippen molar-refractivity contribution in [2.45, 2.75) is 45.4 Å². The Morgan fingerprint density at radius 1 is 1.37 bits per heavy atom. The van der Waals surface area contributed by atoms with Crippen LogP contribution in [0.3, 0.4) is 0 Å². The highest BCUT2D eigenvalue weighted by atomic mass is 32.1. The topological polar surface area (TPSA) is 34.2 Å². The molecule has 0 radical (unpaired) electrons. The van der Waals surface area contributed by atoms with Gasteiger partial charge in [0.1, 0.15) is 0 Å². The highest BCUT2D eigenvalue weighted by Gasteiger charge is 2.33. The van der Waals surface area contributed by atoms with Gasteiger partial charge in [0, 0.05) is 37.0 Å². The minimum Gasteiger partial charge on any atom is -0.381 e. The Bertz CT molecular complexity index is 397. The summed E-state index contributed by atoms with van der Waals surface area (Å²) in [5, 5.41) is 6.86. The van der Waals surface area contributed by atoms with Crippen LogP contribution < -0.4 is 5.32 Å². The Morgan fingerprint density at radius 2 is 2.05 bits per heavy atom. The van der Waals surface area contributed by atoms with Crippen molar-refractivity contribution >= 4 is 11.3 Å². The van der Waals surface area contributed by atoms with E-state index >= 15 is 0 Å². The molecule has 1 fully saturated rings. The molecule has 0 spiro atoms. The molecular formula is C15H26N2OS. The number of hydrogen-bond donors (Lipinski definition) is 1. The third-order valence-corrected chi connectivity index (χ3v) is 4.80. The van der Waals surface area contributed by atoms with E-state index in [1.807, 2.05) is 18.4 Å². The molecule has 1 aromatic heterocycles. The van der Waals surface area contributed by atoms with E-state index in [-0.39, 0.29) is 5.41 Å². The van der Waals surface area contributed by atoms with Gasteiger partial charge in [0.2, 0.25) is 0 Å². The largest absolute Gasteiger partial charge is 0.381 e. The van der Waals surface area contributed by atoms with Crippen LogP contribution in [0.5, 0.6) is 0 Å². The van der Waals surface area contributed by atoms with Crippen molar-refractivity contribution in [2.24, 2.45) is 5.41 Å². The highest BCUT2D eigenvalue weighted by molar-refractivity contribution is 7.09. The van der Waals surface area contributed by atoms with Gasteiger partial charge in [0.15, 0.2) is 0 Å². The molecule has 19 heavy (non-hydrogen) atoms. The van der Waals surface area contributed by atoms with Crippen molar-refractivity contribution in [1.29, 1.82) is 0 Å². The molecule has 0 bridgehead atoms. The fraction of sp³-hybridized carbons (Fsp3) is 0.800. The van der Waals surface area contributed by atoms with Crippen molar-refractivity contribution in [3.63, 3.8) is 0 Å². The molecule has 0 aromatic carbocycles. The van der Waals surface area contributed by atoms with Gasteiger partial charge >= 0.3 is 0 Å². The molecule has 4 heteroatoms. The van der Waals surface area contributed by atoms with Gasteiger partial charge in [-0.2, -0.15) is 0 Å². The maximum absolute atomic E-state index is 5.52. The first-order chi connectivity index (χ1) is 8.95. The number of nitrogens with one attached hydrogen (secondary N) is 1. The van der Waals surface area contributed by atoms with Crippen LogP contribution in [-0.4, -0.2) is 31.8 Å². The highest BCUT2D eigenvalue weighted by Crippen LogP contribution is 2.35. The summed E-state index contributed by atoms with van der Waals surface area (Å²) in [6, 6.07) is 0. The minimum atomic E-state index is 0.153. The molecular weight excluding hydrogens is 256 g/mol. The molecule has 1 aromatic rings. The van der Waals surface area contributed by atoms with Gasteiger partial charge in [-0.15, -0.1) is 11.3 Å². The van der Waals surface area contributed by atoms with Crippen molar-refractivity contribution in [1.82, 2.24) is 10.3 Å². The number of thiazole rings is 1. The molecule has 0 amide bonds. The molecule has 0 atom stereocenters. The number of hydrogen-bond acceptors (Lipinski definition) is 4. The molecule has 0 saturated carbocycles. The van der Waals surface area contributed by atoms with Crippen LogP contribution in [0, 0.1) is 5.41 Å². The van der Waals surface area contributed by atoms with Crippen LogP contribution in [0.1, 0.15) is 44.3 Å². The monoisotopic (exact) mass is 282 g/mol. The van der Waals surface area contributed by atoms with Gasteiger partial charge in [-0.1, -0.05) is 20.8 Å². The summed E-state index contributed by atoms with van der Waals surface area (Å²) in [4.78, 5) is 4.85. The van der Waals surface area contributed by atoms with Gasteiger partial charge in [0.05, 0.1) is 10.7 Å². The Balaban J connectivity index is 2.11. The quantitative estimate of drug-likeness (QED) is 0.922. The van der Waals surface area contributed by atoms with E-state index in [4.69, 9.17) is 9.72 Å². The summed E-state index contributed by atoms with van der Waals surface area (Å²) in [5.41, 5.74) is 1.71. The lowest BCUT2D eigenvalue weighted by Gasteiger charge is -2.36. The summed E-state index contributed by atoms with van der Waals surface area (Å²) in [7, 11) is 2.04. The zero-order valence-electron chi connectivity index (χ0n) is 12.6. The second-order valence-electron chi connectivity index (χ2n) is 6.70. The van der Waals surface area contributed by atoms with Crippen LogP contribution in [-0.2, 0) is 16.6 Å². The molecule has 3 nitrogen and oxygen atoms in total. The van der Waals surface area contributed by atoms with Crippen molar-refractivity contribution in [3.05, 3.63) is 16.1 Å². The van der Waals surface area contributed by atoms with Crippen molar-refractivity contribution < 1.29 is 4.74 Å². The molecule has 0 unspecified atom stereocenters. The molecule has 1 aliphatic rings. The maximum Gasteiger partial charge on any atom is 0.0934 e. The van der Waals surface area contributed by atoms with Crippen LogP contribution in [0.2, 0.25) is 0 Å². The van der Waals surface area contributed by atoms with E-state index in [9.17, 15) is 0 Å². The molecule has 1 saturated heterocycles. The number of nitrogens with zero attached hydrogens (tertiary/aromatic N) is 1. The predicted molar refractivity (Wildman–Crippen MR) is 80.9 cm³/mol. The molecule has 2 heterocycles. The standard InChI is InChI=1S/C15H26N2OS/c1-14(2,3)12-10-19-13(17-12)9-15(11-16-4)5-7-18-8-6-15/h10,16H,5-9,11H2,1-4H3. The Morgan fingerprint density at radius 3 is 2.58 bits per heavy atom. The Labute approximate surface area is 120 Å². The molecule has 2 rings (SSSR count). The SMILES string of the molecule is CNCC1(Cc2nc(C(C)(C)C)cs2)CCOCC1. The lowest BCUT2D eigenvalue weighted by molar-refractivity contribution is 0.0158. The summed E-state index contributed by atoms with van der Waals surface area (Å²) in [6.07, 6.45) is 3.36. The Kier molecular flexibility index (Phi) is 4.64. The van der Waals surface area contributed by atoms with Gasteiger partial charge in [0.25, 0.3) is 0 Å². The number of aromatic nitrogens is 1. The molecule has 0 aliphatic carbocycles. The van der Waals surface area contributed by atoms with E-state index in [1.165, 1.54) is 10.7 Å². The summed E-state index contributed by atoms with van der Waals surface area (Å²) in [5.74, 6) is 0. The van der Waals surface area contributed by atoms with Crippen LogP contribution in [0.4, 0.5) is 0 Å². The van der Waals surface area contributed by atoms with E-state index in [0.717, 1.165) is 39.0 Å². The second-order valence-corrected chi connectivity index (χ2v) is 7.64. The predicted octanol–water partition coefficient (Wildman–Crippen LogP) is 3.00. The van der Waals surface area contributed by atoms with Crippen LogP contribution in [0.25, 0.3) is 0 Å². The molecule has 108 valence electrons. The normalized spacial score (nSPS) is 19.6. The zero-order chi connectivity index (χ0) is 13.9. The maximum atomic E-state index is 5.52. The number of rotatable bonds is 4. The van der Waals surface area contributed by atoms with Crippen molar-refractivity contribution in [3.8, 4) is 0 Å². The third kappa shape index (κ3) is 3.77. The van der Waals surface area contributed by atoms with E-state index in [0.29, 0.717) is 5.41 Å². The average Bonchev–Trinajstić information content (AvgIpc) is 2.78. The van der Waals surface area contributed by atoms with Crippen molar-refractivity contribution in [2.75, 3.05) is 26.8 Å². The summed E-state index contributed by atoms with van der Waals surface area (Å²) < 4.78 is 5.52. The fourth-order valence-corrected chi connectivity index (χ4v) is 3.85. The molecule has 1 aliphatic heterocycles. The smallest absolute Gasteiger partial charge is 0.0934 e. The van der Waals surface area contributed by atoms with Gasteiger partial charge in [-0.3, -0.25) is 0 Å². The van der Waals surface area contributed by atoms with E-state index in [1.54, 1.807) is 0 Å². The van der Waals surface area contributed by atoms with E-state index < -0.39 is 0 Å². The van der Waals surface area contributed by atoms with E-state index in [2.05, 4.69) is 31.5 Å². The lowest BCUT2D eigenvalue weighted by atomic mass is 9.77. The Hall–Kier alpha value is -0.450. The zero-order valence-corrected chi connectivity index (χ0v) is 13.4. The minimum absolute atomic E-state index is 0.153. The first kappa shape index (κ1) is 14.9. The van der Waals surface area contributed by atoms with Gasteiger partial charge < -0.3 is 10.1 Å². The summed E-state index contributed by atoms with van der Waals surface area (Å²) >= 11 is 1.81. The second kappa shape index (κ2) is 5.90. The first-order valence-electron chi connectivity index (χ1n) is 7.12. The number of ether oxygens (including phenoxy) is 1. The average molecular weight is 282 g/mol. The lowest BCUT2D eigenvalue weighted by Crippen LogP contribution is -2.39. The first-order valence-corrected chi connectivity index (χ1v) is 8.00. The van der Waals surface area contributed by atoms with Crippen LogP contribution >= 0.6 is 11.3 Å². The molecule has 1 N–H and O–H groups in total. The summed E-state index contributed by atoms with van der Waals surface area (Å²) in [6.45, 7) is 9.51. The van der Waals surface area contributed by atoms with Gasteiger partial charge in [-0.25, -0.2) is 4.98 Å². The van der Waals surface area contributed by atoms with Gasteiger partial charge in [-0.05, 0) is 25.3 Å².